The second-order valence-electron chi connectivity index (χ2n) is 4.09. The summed E-state index contributed by atoms with van der Waals surface area (Å²) in [6.07, 6.45) is 0.224. The number of rotatable bonds is 3. The van der Waals surface area contributed by atoms with E-state index < -0.39 is 11.7 Å². The molecule has 1 amide bonds. The molecule has 0 bridgehead atoms. The lowest BCUT2D eigenvalue weighted by molar-refractivity contribution is 0.100. The molecule has 0 aromatic heterocycles. The van der Waals surface area contributed by atoms with Crippen LogP contribution in [0.5, 0.6) is 0 Å². The topological polar surface area (TPSA) is 66.9 Å². The monoisotopic (exact) mass is 254 g/mol. The lowest BCUT2D eigenvalue weighted by Crippen LogP contribution is -2.12. The van der Waals surface area contributed by atoms with Gasteiger partial charge in [-0.05, 0) is 41.0 Å². The van der Waals surface area contributed by atoms with Crippen molar-refractivity contribution in [3.8, 4) is 17.2 Å². The Morgan fingerprint density at radius 2 is 2.05 bits per heavy atom. The van der Waals surface area contributed by atoms with Gasteiger partial charge in [-0.1, -0.05) is 18.2 Å². The third-order valence-electron chi connectivity index (χ3n) is 2.77. The van der Waals surface area contributed by atoms with Gasteiger partial charge in [0.1, 0.15) is 5.82 Å². The minimum absolute atomic E-state index is 0.224. The summed E-state index contributed by atoms with van der Waals surface area (Å²) in [5.41, 5.74) is 7.49. The maximum absolute atomic E-state index is 13.3. The van der Waals surface area contributed by atoms with E-state index in [2.05, 4.69) is 0 Å². The van der Waals surface area contributed by atoms with Gasteiger partial charge in [0, 0.05) is 5.56 Å². The van der Waals surface area contributed by atoms with Crippen molar-refractivity contribution < 1.29 is 9.18 Å². The van der Waals surface area contributed by atoms with Crippen LogP contribution >= 0.6 is 0 Å². The van der Waals surface area contributed by atoms with E-state index in [1.165, 1.54) is 12.1 Å². The van der Waals surface area contributed by atoms with Crippen LogP contribution in [0, 0.1) is 17.1 Å². The predicted molar refractivity (Wildman–Crippen MR) is 69.7 cm³/mol. The van der Waals surface area contributed by atoms with Crippen LogP contribution in [0.3, 0.4) is 0 Å². The van der Waals surface area contributed by atoms with Crippen molar-refractivity contribution >= 4 is 5.91 Å². The Kier molecular flexibility index (Phi) is 3.58. The molecule has 3 nitrogen and oxygen atoms in total. The highest BCUT2D eigenvalue weighted by Crippen LogP contribution is 2.25. The molecule has 94 valence electrons. The number of amides is 1. The van der Waals surface area contributed by atoms with E-state index in [9.17, 15) is 9.18 Å². The smallest absolute Gasteiger partial charge is 0.249 e. The highest BCUT2D eigenvalue weighted by molar-refractivity contribution is 6.00. The molecular formula is C15H11FN2O. The Morgan fingerprint density at radius 1 is 1.26 bits per heavy atom. The van der Waals surface area contributed by atoms with Gasteiger partial charge < -0.3 is 5.73 Å². The van der Waals surface area contributed by atoms with Gasteiger partial charge in [0.05, 0.1) is 12.5 Å². The summed E-state index contributed by atoms with van der Waals surface area (Å²) in [5.74, 6) is -0.971. The molecule has 2 N–H and O–H groups in total. The molecule has 0 unspecified atom stereocenters. The quantitative estimate of drug-likeness (QED) is 0.914. The first kappa shape index (κ1) is 12.8. The molecule has 2 rings (SSSR count). The number of nitrogens with zero attached hydrogens (tertiary/aromatic N) is 1. The van der Waals surface area contributed by atoms with Crippen LogP contribution < -0.4 is 5.73 Å². The second-order valence-corrected chi connectivity index (χ2v) is 4.09. The van der Waals surface area contributed by atoms with Crippen molar-refractivity contribution in [2.45, 2.75) is 6.42 Å². The molecule has 0 fully saturated rings. The standard InChI is InChI=1S/C15H11FN2O/c16-12-3-1-2-11(9-12)14-8-10(6-7-17)4-5-13(14)15(18)19/h1-5,8-9H,6H2,(H2,18,19). The molecular weight excluding hydrogens is 243 g/mol. The van der Waals surface area contributed by atoms with E-state index in [4.69, 9.17) is 11.0 Å². The minimum Gasteiger partial charge on any atom is -0.366 e. The molecule has 0 heterocycles. The van der Waals surface area contributed by atoms with Gasteiger partial charge in [-0.3, -0.25) is 4.79 Å². The van der Waals surface area contributed by atoms with Crippen molar-refractivity contribution in [2.75, 3.05) is 0 Å². The van der Waals surface area contributed by atoms with Gasteiger partial charge in [-0.2, -0.15) is 5.26 Å². The molecule has 0 aliphatic heterocycles. The molecule has 2 aromatic carbocycles. The predicted octanol–water partition coefficient (Wildman–Crippen LogP) is 2.66. The fourth-order valence-electron chi connectivity index (χ4n) is 1.90. The number of halogens is 1. The Labute approximate surface area is 110 Å². The molecule has 2 aromatic rings. The minimum atomic E-state index is -0.581. The number of primary amides is 1. The highest BCUT2D eigenvalue weighted by atomic mass is 19.1. The zero-order chi connectivity index (χ0) is 13.8. The number of carbonyl (C=O) groups excluding carboxylic acids is 1. The number of benzene rings is 2. The average molecular weight is 254 g/mol. The van der Waals surface area contributed by atoms with E-state index in [0.717, 1.165) is 5.56 Å². The summed E-state index contributed by atoms with van der Waals surface area (Å²) in [7, 11) is 0. The van der Waals surface area contributed by atoms with Gasteiger partial charge >= 0.3 is 0 Å². The van der Waals surface area contributed by atoms with Crippen molar-refractivity contribution in [3.63, 3.8) is 0 Å². The third-order valence-corrected chi connectivity index (χ3v) is 2.77. The van der Waals surface area contributed by atoms with Gasteiger partial charge in [0.2, 0.25) is 5.91 Å². The van der Waals surface area contributed by atoms with Crippen LogP contribution in [0.1, 0.15) is 15.9 Å². The van der Waals surface area contributed by atoms with E-state index in [0.29, 0.717) is 16.7 Å². The van der Waals surface area contributed by atoms with Crippen LogP contribution in [-0.2, 0) is 6.42 Å². The van der Waals surface area contributed by atoms with Gasteiger partial charge in [0.15, 0.2) is 0 Å². The van der Waals surface area contributed by atoms with E-state index in [1.54, 1.807) is 30.3 Å². The molecule has 0 atom stereocenters. The van der Waals surface area contributed by atoms with Gasteiger partial charge in [-0.25, -0.2) is 4.39 Å². The van der Waals surface area contributed by atoms with Crippen molar-refractivity contribution in [1.29, 1.82) is 5.26 Å². The Hall–Kier alpha value is -2.67. The fourth-order valence-corrected chi connectivity index (χ4v) is 1.90. The van der Waals surface area contributed by atoms with Gasteiger partial charge in [0.25, 0.3) is 0 Å². The SMILES string of the molecule is N#CCc1ccc(C(N)=O)c(-c2cccc(F)c2)c1. The first-order valence-corrected chi connectivity index (χ1v) is 5.67. The fraction of sp³-hybridized carbons (Fsp3) is 0.0667. The Balaban J connectivity index is 2.61. The lowest BCUT2D eigenvalue weighted by Gasteiger charge is -2.09. The normalized spacial score (nSPS) is 9.89. The number of hydrogen-bond acceptors (Lipinski definition) is 2. The summed E-state index contributed by atoms with van der Waals surface area (Å²) >= 11 is 0. The van der Waals surface area contributed by atoms with Crippen molar-refractivity contribution in [3.05, 3.63) is 59.4 Å². The Bertz CT molecular complexity index is 674. The Morgan fingerprint density at radius 3 is 2.68 bits per heavy atom. The number of carbonyl (C=O) groups is 1. The van der Waals surface area contributed by atoms with E-state index >= 15 is 0 Å². The van der Waals surface area contributed by atoms with Crippen molar-refractivity contribution in [2.24, 2.45) is 5.73 Å². The first-order chi connectivity index (χ1) is 9.11. The maximum atomic E-state index is 13.3. The molecule has 0 aliphatic carbocycles. The number of hydrogen-bond donors (Lipinski definition) is 1. The van der Waals surface area contributed by atoms with E-state index in [1.807, 2.05) is 6.07 Å². The van der Waals surface area contributed by atoms with Crippen LogP contribution in [0.15, 0.2) is 42.5 Å². The third kappa shape index (κ3) is 2.78. The number of nitriles is 1. The molecule has 0 radical (unpaired) electrons. The van der Waals surface area contributed by atoms with Gasteiger partial charge in [-0.15, -0.1) is 0 Å². The average Bonchev–Trinajstić information content (AvgIpc) is 2.39. The summed E-state index contributed by atoms with van der Waals surface area (Å²) in [6.45, 7) is 0. The first-order valence-electron chi connectivity index (χ1n) is 5.67. The maximum Gasteiger partial charge on any atom is 0.249 e. The zero-order valence-corrected chi connectivity index (χ0v) is 10.1. The van der Waals surface area contributed by atoms with Crippen molar-refractivity contribution in [1.82, 2.24) is 0 Å². The summed E-state index contributed by atoms with van der Waals surface area (Å²) in [6, 6.07) is 12.9. The highest BCUT2D eigenvalue weighted by Gasteiger charge is 2.11. The molecule has 0 spiro atoms. The lowest BCUT2D eigenvalue weighted by atomic mass is 9.96. The molecule has 4 heteroatoms. The number of nitrogens with two attached hydrogens (primary N) is 1. The van der Waals surface area contributed by atoms with Crippen LogP contribution in [0.4, 0.5) is 4.39 Å². The molecule has 19 heavy (non-hydrogen) atoms. The second kappa shape index (κ2) is 5.32. The van der Waals surface area contributed by atoms with Crippen LogP contribution in [0.25, 0.3) is 11.1 Å². The van der Waals surface area contributed by atoms with Crippen LogP contribution in [-0.4, -0.2) is 5.91 Å². The summed E-state index contributed by atoms with van der Waals surface area (Å²) in [5, 5.41) is 8.70. The zero-order valence-electron chi connectivity index (χ0n) is 10.1. The molecule has 0 saturated heterocycles. The van der Waals surface area contributed by atoms with Crippen LogP contribution in [0.2, 0.25) is 0 Å². The molecule has 0 saturated carbocycles. The summed E-state index contributed by atoms with van der Waals surface area (Å²) in [4.78, 5) is 11.4. The largest absolute Gasteiger partial charge is 0.366 e. The summed E-state index contributed by atoms with van der Waals surface area (Å²) < 4.78 is 13.3. The molecule has 0 aliphatic rings. The van der Waals surface area contributed by atoms with E-state index in [-0.39, 0.29) is 6.42 Å².